The number of aliphatic hydroxyl groups is 1. The zero-order chi connectivity index (χ0) is 12.8. The summed E-state index contributed by atoms with van der Waals surface area (Å²) in [4.78, 5) is 16.6. The molecule has 0 aliphatic heterocycles. The topological polar surface area (TPSA) is 62.2 Å². The second-order valence-electron chi connectivity index (χ2n) is 4.53. The highest BCUT2D eigenvalue weighted by Crippen LogP contribution is 2.24. The summed E-state index contributed by atoms with van der Waals surface area (Å²) in [6.07, 6.45) is 6.14. The van der Waals surface area contributed by atoms with Gasteiger partial charge in [-0.05, 0) is 25.0 Å². The van der Waals surface area contributed by atoms with Crippen LogP contribution in [0, 0.1) is 5.92 Å². The lowest BCUT2D eigenvalue weighted by Crippen LogP contribution is -2.33. The first-order valence-corrected chi connectivity index (χ1v) is 7.22. The fourth-order valence-electron chi connectivity index (χ4n) is 2.13. The molecule has 1 aliphatic carbocycles. The number of aromatic nitrogens is 1. The van der Waals surface area contributed by atoms with Gasteiger partial charge in [-0.15, -0.1) is 11.8 Å². The molecule has 1 aliphatic rings. The number of rotatable bonds is 5. The predicted molar refractivity (Wildman–Crippen MR) is 71.3 cm³/mol. The van der Waals surface area contributed by atoms with Crippen LogP contribution in [0.25, 0.3) is 0 Å². The Labute approximate surface area is 111 Å². The van der Waals surface area contributed by atoms with E-state index in [4.69, 9.17) is 0 Å². The number of carbonyl (C=O) groups excluding carboxylic acids is 1. The number of thioether (sulfide) groups is 1. The van der Waals surface area contributed by atoms with Gasteiger partial charge < -0.3 is 10.4 Å². The van der Waals surface area contributed by atoms with Crippen LogP contribution >= 0.6 is 11.8 Å². The maximum atomic E-state index is 11.7. The van der Waals surface area contributed by atoms with E-state index in [1.165, 1.54) is 11.8 Å². The summed E-state index contributed by atoms with van der Waals surface area (Å²) in [5.41, 5.74) is 0. The van der Waals surface area contributed by atoms with Crippen LogP contribution in [0.5, 0.6) is 0 Å². The van der Waals surface area contributed by atoms with Crippen LogP contribution in [-0.2, 0) is 4.79 Å². The lowest BCUT2D eigenvalue weighted by Gasteiger charge is -2.14. The van der Waals surface area contributed by atoms with Crippen molar-refractivity contribution in [2.24, 2.45) is 5.92 Å². The summed E-state index contributed by atoms with van der Waals surface area (Å²) in [5, 5.41) is 12.5. The molecule has 1 aromatic rings. The molecule has 98 valence electrons. The fourth-order valence-corrected chi connectivity index (χ4v) is 2.85. The molecule has 2 unspecified atom stereocenters. The first kappa shape index (κ1) is 13.4. The zero-order valence-corrected chi connectivity index (χ0v) is 11.0. The molecule has 1 amide bonds. The Morgan fingerprint density at radius 1 is 1.44 bits per heavy atom. The molecule has 0 radical (unpaired) electrons. The average molecular weight is 266 g/mol. The Kier molecular flexibility index (Phi) is 5.01. The normalized spacial score (nSPS) is 22.9. The van der Waals surface area contributed by atoms with Gasteiger partial charge in [0.05, 0.1) is 11.9 Å². The van der Waals surface area contributed by atoms with Crippen molar-refractivity contribution in [1.29, 1.82) is 0 Å². The lowest BCUT2D eigenvalue weighted by molar-refractivity contribution is -0.118. The van der Waals surface area contributed by atoms with Crippen LogP contribution in [0.15, 0.2) is 29.4 Å². The fraction of sp³-hybridized carbons (Fsp3) is 0.538. The first-order valence-electron chi connectivity index (χ1n) is 6.23. The van der Waals surface area contributed by atoms with Gasteiger partial charge in [-0.1, -0.05) is 6.42 Å². The standard InChI is InChI=1S/C13H18N2O2S/c16-12-3-1-2-10(12)8-15-13(17)9-18-11-4-6-14-7-5-11/h4-7,10,12,16H,1-3,8-9H2,(H,15,17). The minimum Gasteiger partial charge on any atom is -0.393 e. The largest absolute Gasteiger partial charge is 0.393 e. The van der Waals surface area contributed by atoms with Gasteiger partial charge in [0.25, 0.3) is 0 Å². The number of pyridine rings is 1. The molecule has 0 bridgehead atoms. The highest BCUT2D eigenvalue weighted by atomic mass is 32.2. The second kappa shape index (κ2) is 6.75. The van der Waals surface area contributed by atoms with Gasteiger partial charge in [0.2, 0.25) is 5.91 Å². The summed E-state index contributed by atoms with van der Waals surface area (Å²) in [6, 6.07) is 3.78. The zero-order valence-electron chi connectivity index (χ0n) is 10.2. The average Bonchev–Trinajstić information content (AvgIpc) is 2.81. The van der Waals surface area contributed by atoms with Crippen LogP contribution in [0.1, 0.15) is 19.3 Å². The summed E-state index contributed by atoms with van der Waals surface area (Å²) in [6.45, 7) is 0.594. The third-order valence-corrected chi connectivity index (χ3v) is 4.21. The number of amides is 1. The minimum absolute atomic E-state index is 0.0240. The van der Waals surface area contributed by atoms with Gasteiger partial charge in [0.15, 0.2) is 0 Å². The minimum atomic E-state index is -0.238. The monoisotopic (exact) mass is 266 g/mol. The summed E-state index contributed by atoms with van der Waals surface area (Å²) < 4.78 is 0. The van der Waals surface area contributed by atoms with E-state index in [9.17, 15) is 9.90 Å². The molecule has 2 N–H and O–H groups in total. The molecule has 5 heteroatoms. The number of hydrogen-bond acceptors (Lipinski definition) is 4. The number of nitrogens with zero attached hydrogens (tertiary/aromatic N) is 1. The van der Waals surface area contributed by atoms with Crippen LogP contribution in [-0.4, -0.2) is 34.4 Å². The molecular weight excluding hydrogens is 248 g/mol. The van der Waals surface area contributed by atoms with Crippen molar-refractivity contribution in [3.05, 3.63) is 24.5 Å². The molecule has 4 nitrogen and oxygen atoms in total. The van der Waals surface area contributed by atoms with Crippen molar-refractivity contribution in [2.45, 2.75) is 30.3 Å². The number of aliphatic hydroxyl groups excluding tert-OH is 1. The number of hydrogen-bond donors (Lipinski definition) is 2. The van der Waals surface area contributed by atoms with Crippen LogP contribution in [0.3, 0.4) is 0 Å². The molecule has 1 heterocycles. The molecule has 1 saturated carbocycles. The van der Waals surface area contributed by atoms with E-state index in [2.05, 4.69) is 10.3 Å². The van der Waals surface area contributed by atoms with Gasteiger partial charge in [-0.3, -0.25) is 9.78 Å². The van der Waals surface area contributed by atoms with E-state index < -0.39 is 0 Å². The molecule has 1 fully saturated rings. The second-order valence-corrected chi connectivity index (χ2v) is 5.58. The number of carbonyl (C=O) groups is 1. The maximum absolute atomic E-state index is 11.7. The predicted octanol–water partition coefficient (Wildman–Crippen LogP) is 1.45. The van der Waals surface area contributed by atoms with E-state index in [1.807, 2.05) is 12.1 Å². The molecular formula is C13H18N2O2S. The lowest BCUT2D eigenvalue weighted by atomic mass is 10.1. The Bertz CT molecular complexity index is 386. The maximum Gasteiger partial charge on any atom is 0.230 e. The SMILES string of the molecule is O=C(CSc1ccncc1)NCC1CCCC1O. The van der Waals surface area contributed by atoms with Gasteiger partial charge in [-0.25, -0.2) is 0 Å². The van der Waals surface area contributed by atoms with Crippen LogP contribution in [0.4, 0.5) is 0 Å². The molecule has 2 atom stereocenters. The van der Waals surface area contributed by atoms with Crippen molar-refractivity contribution in [3.8, 4) is 0 Å². The molecule has 0 spiro atoms. The van der Waals surface area contributed by atoms with Gasteiger partial charge in [0.1, 0.15) is 0 Å². The first-order chi connectivity index (χ1) is 8.75. The number of nitrogens with one attached hydrogen (secondary N) is 1. The Balaban J connectivity index is 1.66. The van der Waals surface area contributed by atoms with Crippen LogP contribution < -0.4 is 5.32 Å². The van der Waals surface area contributed by atoms with E-state index in [1.54, 1.807) is 12.4 Å². The Hall–Kier alpha value is -1.07. The molecule has 18 heavy (non-hydrogen) atoms. The summed E-state index contributed by atoms with van der Waals surface area (Å²) >= 11 is 1.50. The quantitative estimate of drug-likeness (QED) is 0.792. The summed E-state index contributed by atoms with van der Waals surface area (Å²) in [5.74, 6) is 0.670. The van der Waals surface area contributed by atoms with Crippen molar-refractivity contribution in [1.82, 2.24) is 10.3 Å². The van der Waals surface area contributed by atoms with E-state index in [0.29, 0.717) is 12.3 Å². The third-order valence-electron chi connectivity index (χ3n) is 3.20. The van der Waals surface area contributed by atoms with Crippen molar-refractivity contribution >= 4 is 17.7 Å². The van der Waals surface area contributed by atoms with Crippen molar-refractivity contribution in [2.75, 3.05) is 12.3 Å². The highest BCUT2D eigenvalue weighted by molar-refractivity contribution is 8.00. The highest BCUT2D eigenvalue weighted by Gasteiger charge is 2.25. The Morgan fingerprint density at radius 3 is 2.89 bits per heavy atom. The third kappa shape index (κ3) is 3.99. The smallest absolute Gasteiger partial charge is 0.230 e. The molecule has 0 aromatic carbocycles. The van der Waals surface area contributed by atoms with E-state index >= 15 is 0 Å². The van der Waals surface area contributed by atoms with Gasteiger partial charge in [0, 0.05) is 29.8 Å². The molecule has 1 aromatic heterocycles. The van der Waals surface area contributed by atoms with E-state index in [0.717, 1.165) is 24.2 Å². The van der Waals surface area contributed by atoms with E-state index in [-0.39, 0.29) is 17.9 Å². The van der Waals surface area contributed by atoms with Crippen molar-refractivity contribution < 1.29 is 9.90 Å². The van der Waals surface area contributed by atoms with Crippen LogP contribution in [0.2, 0.25) is 0 Å². The van der Waals surface area contributed by atoms with Gasteiger partial charge >= 0.3 is 0 Å². The molecule has 2 rings (SSSR count). The summed E-state index contributed by atoms with van der Waals surface area (Å²) in [7, 11) is 0. The Morgan fingerprint density at radius 2 is 2.22 bits per heavy atom. The van der Waals surface area contributed by atoms with Crippen molar-refractivity contribution in [3.63, 3.8) is 0 Å². The molecule has 0 saturated heterocycles. The van der Waals surface area contributed by atoms with Gasteiger partial charge in [-0.2, -0.15) is 0 Å².